The second kappa shape index (κ2) is 3.74. The summed E-state index contributed by atoms with van der Waals surface area (Å²) in [5, 5.41) is 19.8. The monoisotopic (exact) mass is 246 g/mol. The highest BCUT2D eigenvalue weighted by Crippen LogP contribution is 2.35. The minimum Gasteiger partial charge on any atom is -0.508 e. The van der Waals surface area contributed by atoms with Crippen molar-refractivity contribution in [3.63, 3.8) is 0 Å². The number of benzene rings is 1. The van der Waals surface area contributed by atoms with Crippen molar-refractivity contribution >= 4 is 16.9 Å². The summed E-state index contributed by atoms with van der Waals surface area (Å²) in [6.07, 6.45) is 0.791. The van der Waals surface area contributed by atoms with Crippen molar-refractivity contribution < 1.29 is 15.0 Å². The van der Waals surface area contributed by atoms with Gasteiger partial charge in [-0.15, -0.1) is 0 Å². The zero-order valence-corrected chi connectivity index (χ0v) is 9.97. The van der Waals surface area contributed by atoms with Gasteiger partial charge in [0.25, 0.3) is 0 Å². The van der Waals surface area contributed by atoms with Gasteiger partial charge < -0.3 is 15.2 Å². The lowest BCUT2D eigenvalue weighted by Gasteiger charge is -2.29. The molecule has 0 saturated carbocycles. The van der Waals surface area contributed by atoms with Gasteiger partial charge in [0.1, 0.15) is 11.8 Å². The predicted molar refractivity (Wildman–Crippen MR) is 66.7 cm³/mol. The molecule has 0 amide bonds. The van der Waals surface area contributed by atoms with Gasteiger partial charge in [-0.25, -0.2) is 0 Å². The molecule has 0 saturated heterocycles. The van der Waals surface area contributed by atoms with Gasteiger partial charge in [0.05, 0.1) is 0 Å². The summed E-state index contributed by atoms with van der Waals surface area (Å²) in [5.74, 6) is -0.649. The maximum Gasteiger partial charge on any atom is 0.327 e. The number of aliphatic carboxylic acids is 1. The molecule has 18 heavy (non-hydrogen) atoms. The van der Waals surface area contributed by atoms with Crippen molar-refractivity contribution in [2.45, 2.75) is 12.5 Å². The third-order valence-electron chi connectivity index (χ3n) is 3.59. The molecule has 3 rings (SSSR count). The van der Waals surface area contributed by atoms with E-state index in [1.807, 2.05) is 11.9 Å². The van der Waals surface area contributed by atoms with E-state index in [2.05, 4.69) is 4.98 Å². The van der Waals surface area contributed by atoms with Crippen LogP contribution in [0.5, 0.6) is 5.75 Å². The first-order valence-corrected chi connectivity index (χ1v) is 5.84. The number of carboxylic acid groups (broad SMARTS) is 1. The number of rotatable bonds is 1. The second-order valence-corrected chi connectivity index (χ2v) is 4.72. The molecule has 5 heteroatoms. The van der Waals surface area contributed by atoms with E-state index in [0.717, 1.165) is 28.6 Å². The third-order valence-corrected chi connectivity index (χ3v) is 3.59. The molecular weight excluding hydrogens is 232 g/mol. The maximum absolute atomic E-state index is 11.4. The number of carbonyl (C=O) groups is 1. The minimum absolute atomic E-state index is 0.204. The summed E-state index contributed by atoms with van der Waals surface area (Å²) < 4.78 is 0. The predicted octanol–water partition coefficient (Wildman–Crippen LogP) is 1.49. The first-order valence-electron chi connectivity index (χ1n) is 5.84. The zero-order chi connectivity index (χ0) is 12.9. The highest BCUT2D eigenvalue weighted by atomic mass is 16.4. The average Bonchev–Trinajstić information content (AvgIpc) is 2.65. The number of fused-ring (bicyclic) bond motifs is 3. The molecule has 5 nitrogen and oxygen atoms in total. The Balaban J connectivity index is 2.25. The number of likely N-dealkylation sites (N-methyl/N-ethyl adjacent to an activating group) is 1. The van der Waals surface area contributed by atoms with Crippen LogP contribution >= 0.6 is 0 Å². The molecule has 1 aromatic carbocycles. The number of phenols is 1. The number of nitrogens with one attached hydrogen (secondary N) is 1. The summed E-state index contributed by atoms with van der Waals surface area (Å²) in [5.41, 5.74) is 2.61. The van der Waals surface area contributed by atoms with Gasteiger partial charge in [0.15, 0.2) is 0 Å². The lowest BCUT2D eigenvalue weighted by Crippen LogP contribution is -2.36. The summed E-state index contributed by atoms with van der Waals surface area (Å²) in [6, 6.07) is 4.43. The lowest BCUT2D eigenvalue weighted by molar-refractivity contribution is -0.143. The molecule has 1 aromatic heterocycles. The van der Waals surface area contributed by atoms with Crippen molar-refractivity contribution in [2.75, 3.05) is 13.6 Å². The average molecular weight is 246 g/mol. The van der Waals surface area contributed by atoms with E-state index in [1.165, 1.54) is 0 Å². The molecule has 94 valence electrons. The van der Waals surface area contributed by atoms with E-state index in [4.69, 9.17) is 0 Å². The quantitative estimate of drug-likeness (QED) is 0.712. The number of aromatic hydroxyl groups is 1. The van der Waals surface area contributed by atoms with Crippen LogP contribution < -0.4 is 0 Å². The van der Waals surface area contributed by atoms with E-state index in [-0.39, 0.29) is 5.75 Å². The maximum atomic E-state index is 11.4. The third kappa shape index (κ3) is 1.48. The Morgan fingerprint density at radius 2 is 2.28 bits per heavy atom. The van der Waals surface area contributed by atoms with Gasteiger partial charge in [-0.1, -0.05) is 0 Å². The number of H-pyrrole nitrogens is 1. The topological polar surface area (TPSA) is 76.6 Å². The molecule has 0 spiro atoms. The summed E-state index contributed by atoms with van der Waals surface area (Å²) in [6.45, 7) is 0.701. The van der Waals surface area contributed by atoms with Gasteiger partial charge in [-0.05, 0) is 37.2 Å². The minimum atomic E-state index is -0.853. The largest absolute Gasteiger partial charge is 0.508 e. The molecule has 0 radical (unpaired) electrons. The van der Waals surface area contributed by atoms with Crippen LogP contribution in [0.15, 0.2) is 18.2 Å². The van der Waals surface area contributed by atoms with Crippen LogP contribution in [0, 0.1) is 0 Å². The van der Waals surface area contributed by atoms with Gasteiger partial charge in [0, 0.05) is 23.1 Å². The van der Waals surface area contributed by atoms with Gasteiger partial charge >= 0.3 is 5.97 Å². The van der Waals surface area contributed by atoms with Gasteiger partial charge in [-0.2, -0.15) is 0 Å². The van der Waals surface area contributed by atoms with Crippen LogP contribution in [0.4, 0.5) is 0 Å². The Morgan fingerprint density at radius 1 is 1.50 bits per heavy atom. The van der Waals surface area contributed by atoms with Crippen LogP contribution in [-0.4, -0.2) is 39.7 Å². The van der Waals surface area contributed by atoms with Crippen LogP contribution in [0.1, 0.15) is 17.3 Å². The Morgan fingerprint density at radius 3 is 3.00 bits per heavy atom. The van der Waals surface area contributed by atoms with E-state index >= 15 is 0 Å². The number of nitrogens with zero attached hydrogens (tertiary/aromatic N) is 1. The fourth-order valence-electron chi connectivity index (χ4n) is 2.71. The molecule has 3 N–H and O–H groups in total. The van der Waals surface area contributed by atoms with Crippen molar-refractivity contribution in [2.24, 2.45) is 0 Å². The number of hydrogen-bond acceptors (Lipinski definition) is 3. The Hall–Kier alpha value is -2.01. The van der Waals surface area contributed by atoms with Crippen molar-refractivity contribution in [3.8, 4) is 5.75 Å². The number of hydrogen-bond donors (Lipinski definition) is 3. The van der Waals surface area contributed by atoms with Crippen LogP contribution in [-0.2, 0) is 11.2 Å². The first-order chi connectivity index (χ1) is 8.58. The fourth-order valence-corrected chi connectivity index (χ4v) is 2.71. The molecular formula is C13H14N2O3. The standard InChI is InChI=1S/C13H14N2O3/c1-15-5-4-8-9-6-7(16)2-3-10(9)14-11(8)12(15)13(17)18/h2-3,6,12,14,16H,4-5H2,1H3,(H,17,18). The van der Waals surface area contributed by atoms with Crippen molar-refractivity contribution in [1.29, 1.82) is 0 Å². The molecule has 1 aliphatic rings. The summed E-state index contributed by atoms with van der Waals surface area (Å²) >= 11 is 0. The molecule has 1 atom stereocenters. The number of aromatic nitrogens is 1. The van der Waals surface area contributed by atoms with Crippen LogP contribution in [0.3, 0.4) is 0 Å². The van der Waals surface area contributed by atoms with Crippen molar-refractivity contribution in [3.05, 3.63) is 29.5 Å². The van der Waals surface area contributed by atoms with Gasteiger partial charge in [-0.3, -0.25) is 9.69 Å². The number of aromatic amines is 1. The Labute approximate surface area is 104 Å². The Kier molecular flexibility index (Phi) is 2.31. The fraction of sp³-hybridized carbons (Fsp3) is 0.308. The van der Waals surface area contributed by atoms with Gasteiger partial charge in [0.2, 0.25) is 0 Å². The molecule has 0 bridgehead atoms. The van der Waals surface area contributed by atoms with E-state index in [9.17, 15) is 15.0 Å². The van der Waals surface area contributed by atoms with E-state index in [0.29, 0.717) is 6.54 Å². The summed E-state index contributed by atoms with van der Waals surface area (Å²) in [4.78, 5) is 16.4. The highest BCUT2D eigenvalue weighted by molar-refractivity contribution is 5.89. The van der Waals surface area contributed by atoms with Crippen LogP contribution in [0.2, 0.25) is 0 Å². The molecule has 2 aromatic rings. The highest BCUT2D eigenvalue weighted by Gasteiger charge is 2.33. The molecule has 0 fully saturated rings. The smallest absolute Gasteiger partial charge is 0.327 e. The van der Waals surface area contributed by atoms with E-state index < -0.39 is 12.0 Å². The molecule has 0 aliphatic carbocycles. The van der Waals surface area contributed by atoms with Crippen LogP contribution in [0.25, 0.3) is 10.9 Å². The molecule has 2 heterocycles. The first kappa shape index (κ1) is 11.1. The van der Waals surface area contributed by atoms with Crippen molar-refractivity contribution in [1.82, 2.24) is 9.88 Å². The second-order valence-electron chi connectivity index (χ2n) is 4.72. The molecule has 1 unspecified atom stereocenters. The summed E-state index contributed by atoms with van der Waals surface area (Å²) in [7, 11) is 1.81. The molecule has 1 aliphatic heterocycles. The SMILES string of the molecule is CN1CCc2c([nH]c3ccc(O)cc23)C1C(=O)O. The number of phenolic OH excluding ortho intramolecular Hbond substituents is 1. The van der Waals surface area contributed by atoms with E-state index in [1.54, 1.807) is 18.2 Å². The number of carboxylic acids is 1. The Bertz CT molecular complexity index is 632. The lowest BCUT2D eigenvalue weighted by atomic mass is 9.98. The zero-order valence-electron chi connectivity index (χ0n) is 9.97. The normalized spacial score (nSPS) is 19.9.